The molecule has 1 amide bonds. The molecule has 1 N–H and O–H groups in total. The third-order valence-electron chi connectivity index (χ3n) is 7.15. The van der Waals surface area contributed by atoms with E-state index >= 15 is 0 Å². The van der Waals surface area contributed by atoms with Gasteiger partial charge in [-0.15, -0.1) is 0 Å². The van der Waals surface area contributed by atoms with Crippen LogP contribution in [0.1, 0.15) is 43.7 Å². The smallest absolute Gasteiger partial charge is 0.350 e. The number of aliphatic hydroxyl groups excluding tert-OH is 1. The number of carbonyl (C=O) groups is 3. The number of ether oxygens (including phenoxy) is 3. The van der Waals surface area contributed by atoms with Gasteiger partial charge in [0.15, 0.2) is 5.13 Å². The lowest BCUT2D eigenvalue weighted by Crippen LogP contribution is -2.29. The van der Waals surface area contributed by atoms with Crippen molar-refractivity contribution >= 4 is 39.9 Å². The minimum absolute atomic E-state index is 0.00948. The number of hydrogen-bond acceptors (Lipinski definition) is 9. The second kappa shape index (κ2) is 13.0. The molecule has 0 radical (unpaired) electrons. The van der Waals surface area contributed by atoms with Crippen molar-refractivity contribution in [3.8, 4) is 11.5 Å². The minimum atomic E-state index is -1.05. The lowest BCUT2D eigenvalue weighted by Gasteiger charge is -2.23. The van der Waals surface area contributed by atoms with Crippen molar-refractivity contribution in [3.05, 3.63) is 124 Å². The molecule has 1 aromatic heterocycles. The van der Waals surface area contributed by atoms with Crippen molar-refractivity contribution in [1.82, 2.24) is 4.98 Å². The van der Waals surface area contributed by atoms with Crippen LogP contribution >= 0.6 is 11.3 Å². The summed E-state index contributed by atoms with van der Waals surface area (Å²) in [6.07, 6.45) is 1.44. The number of anilines is 1. The Kier molecular flexibility index (Phi) is 8.91. The molecule has 3 aromatic carbocycles. The Balaban J connectivity index is 1.53. The number of esters is 1. The number of carbonyl (C=O) groups excluding carboxylic acids is 3. The summed E-state index contributed by atoms with van der Waals surface area (Å²) in [5.74, 6) is -1.69. The van der Waals surface area contributed by atoms with Crippen LogP contribution in [-0.2, 0) is 20.9 Å². The third kappa shape index (κ3) is 5.97. The van der Waals surface area contributed by atoms with E-state index in [1.165, 1.54) is 18.1 Å². The van der Waals surface area contributed by atoms with Crippen molar-refractivity contribution in [3.63, 3.8) is 0 Å². The molecule has 9 nitrogen and oxygen atoms in total. The number of amides is 1. The maximum Gasteiger partial charge on any atom is 0.350 e. The average Bonchev–Trinajstić information content (AvgIpc) is 3.55. The number of thiazole rings is 1. The fourth-order valence-corrected chi connectivity index (χ4v) is 5.82. The number of hydrogen-bond donors (Lipinski definition) is 1. The molecule has 224 valence electrons. The predicted octanol–water partition coefficient (Wildman–Crippen LogP) is 6.32. The average molecular weight is 611 g/mol. The Hall–Kier alpha value is -5.22. The summed E-state index contributed by atoms with van der Waals surface area (Å²) in [6.45, 7) is 7.55. The van der Waals surface area contributed by atoms with Crippen LogP contribution in [-0.4, -0.2) is 41.5 Å². The van der Waals surface area contributed by atoms with Crippen molar-refractivity contribution in [2.75, 3.05) is 18.6 Å². The predicted molar refractivity (Wildman–Crippen MR) is 167 cm³/mol. The molecule has 2 heterocycles. The van der Waals surface area contributed by atoms with Crippen LogP contribution in [0.3, 0.4) is 0 Å². The van der Waals surface area contributed by atoms with Crippen molar-refractivity contribution in [2.45, 2.75) is 26.5 Å². The van der Waals surface area contributed by atoms with Gasteiger partial charge in [-0.05, 0) is 66.9 Å². The van der Waals surface area contributed by atoms with Gasteiger partial charge in [0.25, 0.3) is 5.78 Å². The zero-order chi connectivity index (χ0) is 31.4. The molecular weight excluding hydrogens is 580 g/mol. The minimum Gasteiger partial charge on any atom is -0.507 e. The highest BCUT2D eigenvalue weighted by molar-refractivity contribution is 7.17. The molecule has 1 fully saturated rings. The molecule has 0 spiro atoms. The number of aromatic nitrogens is 1. The second-order valence-electron chi connectivity index (χ2n) is 9.98. The van der Waals surface area contributed by atoms with Gasteiger partial charge < -0.3 is 19.3 Å². The first-order valence-corrected chi connectivity index (χ1v) is 14.5. The van der Waals surface area contributed by atoms with Crippen LogP contribution < -0.4 is 14.4 Å². The number of Topliss-reactive ketones (excluding diaryl/α,β-unsaturated/α-hetero) is 1. The van der Waals surface area contributed by atoms with Gasteiger partial charge in [0.1, 0.15) is 35.3 Å². The Morgan fingerprint density at radius 3 is 2.50 bits per heavy atom. The van der Waals surface area contributed by atoms with Gasteiger partial charge in [0.2, 0.25) is 0 Å². The number of benzene rings is 3. The largest absolute Gasteiger partial charge is 0.507 e. The van der Waals surface area contributed by atoms with Crippen LogP contribution in [0.25, 0.3) is 5.76 Å². The van der Waals surface area contributed by atoms with Crippen molar-refractivity contribution in [2.24, 2.45) is 0 Å². The first kappa shape index (κ1) is 30.2. The Bertz CT molecular complexity index is 1770. The Morgan fingerprint density at radius 2 is 1.80 bits per heavy atom. The molecule has 10 heteroatoms. The fraction of sp³-hybridized carbons (Fsp3) is 0.176. The van der Waals surface area contributed by atoms with Crippen LogP contribution in [0, 0.1) is 13.8 Å². The van der Waals surface area contributed by atoms with E-state index in [9.17, 15) is 19.5 Å². The highest BCUT2D eigenvalue weighted by atomic mass is 32.1. The monoisotopic (exact) mass is 610 g/mol. The summed E-state index contributed by atoms with van der Waals surface area (Å²) in [5.41, 5.74) is 3.20. The molecule has 1 atom stereocenters. The van der Waals surface area contributed by atoms with Crippen LogP contribution in [0.4, 0.5) is 5.13 Å². The molecule has 0 bridgehead atoms. The quantitative estimate of drug-likeness (QED) is 0.0730. The van der Waals surface area contributed by atoms with Gasteiger partial charge in [-0.25, -0.2) is 9.78 Å². The molecule has 1 aliphatic rings. The normalized spacial score (nSPS) is 15.7. The van der Waals surface area contributed by atoms with Gasteiger partial charge in [0, 0.05) is 5.56 Å². The summed E-state index contributed by atoms with van der Waals surface area (Å²) >= 11 is 0.926. The van der Waals surface area contributed by atoms with E-state index in [0.29, 0.717) is 34.9 Å². The third-order valence-corrected chi connectivity index (χ3v) is 8.28. The highest BCUT2D eigenvalue weighted by Gasteiger charge is 2.48. The van der Waals surface area contributed by atoms with Crippen molar-refractivity contribution < 1.29 is 33.7 Å². The molecule has 1 saturated heterocycles. The maximum atomic E-state index is 13.6. The first-order chi connectivity index (χ1) is 21.2. The van der Waals surface area contributed by atoms with Crippen LogP contribution in [0.5, 0.6) is 11.5 Å². The van der Waals surface area contributed by atoms with E-state index in [1.54, 1.807) is 55.5 Å². The molecular formula is C34H30N2O7S. The van der Waals surface area contributed by atoms with E-state index < -0.39 is 23.7 Å². The van der Waals surface area contributed by atoms with E-state index in [4.69, 9.17) is 14.2 Å². The zero-order valence-corrected chi connectivity index (χ0v) is 25.2. The first-order valence-electron chi connectivity index (χ1n) is 13.7. The summed E-state index contributed by atoms with van der Waals surface area (Å²) in [5, 5.41) is 11.6. The SMILES string of the molecule is C=CCOC(=O)c1sc(N2C(=O)C(=O)C(=C(O)c3ccc(OCc4ccccc4C)cc3)C2c2cccc(OC)c2)nc1C. The summed E-state index contributed by atoms with van der Waals surface area (Å²) in [4.78, 5) is 45.6. The molecule has 0 aliphatic carbocycles. The van der Waals surface area contributed by atoms with Crippen LogP contribution in [0.2, 0.25) is 0 Å². The summed E-state index contributed by atoms with van der Waals surface area (Å²) in [6, 6.07) is 20.3. The van der Waals surface area contributed by atoms with E-state index in [-0.39, 0.29) is 27.9 Å². The highest BCUT2D eigenvalue weighted by Crippen LogP contribution is 2.44. The van der Waals surface area contributed by atoms with Gasteiger partial charge in [0.05, 0.1) is 24.4 Å². The summed E-state index contributed by atoms with van der Waals surface area (Å²) in [7, 11) is 1.50. The Morgan fingerprint density at radius 1 is 1.05 bits per heavy atom. The van der Waals surface area contributed by atoms with Crippen LogP contribution in [0.15, 0.2) is 91.0 Å². The van der Waals surface area contributed by atoms with Gasteiger partial charge in [-0.3, -0.25) is 14.5 Å². The number of aliphatic hydroxyl groups is 1. The molecule has 5 rings (SSSR count). The molecule has 1 aliphatic heterocycles. The fourth-order valence-electron chi connectivity index (χ4n) is 4.83. The number of nitrogens with zero attached hydrogens (tertiary/aromatic N) is 2. The lowest BCUT2D eigenvalue weighted by atomic mass is 9.95. The van der Waals surface area contributed by atoms with Gasteiger partial charge >= 0.3 is 11.9 Å². The summed E-state index contributed by atoms with van der Waals surface area (Å²) < 4.78 is 16.5. The topological polar surface area (TPSA) is 115 Å². The van der Waals surface area contributed by atoms with E-state index in [1.807, 2.05) is 31.2 Å². The Labute approximate surface area is 258 Å². The number of methoxy groups -OCH3 is 1. The van der Waals surface area contributed by atoms with E-state index in [0.717, 1.165) is 22.5 Å². The van der Waals surface area contributed by atoms with Crippen molar-refractivity contribution in [1.29, 1.82) is 0 Å². The maximum absolute atomic E-state index is 13.6. The zero-order valence-electron chi connectivity index (χ0n) is 24.4. The molecule has 44 heavy (non-hydrogen) atoms. The standard InChI is InChI=1S/C34H30N2O7S/c1-5-17-42-33(40)31-21(3)35-34(44-31)36-28(23-11-8-12-26(18-23)41-4)27(30(38)32(36)39)29(37)22-13-15-25(16-14-22)43-19-24-10-7-6-9-20(24)2/h5-16,18,28,37H,1,17,19H2,2-4H3. The van der Waals surface area contributed by atoms with E-state index in [2.05, 4.69) is 11.6 Å². The van der Waals surface area contributed by atoms with Gasteiger partial charge in [-0.1, -0.05) is 60.4 Å². The lowest BCUT2D eigenvalue weighted by molar-refractivity contribution is -0.132. The molecule has 1 unspecified atom stereocenters. The number of aryl methyl sites for hydroxylation is 2. The number of rotatable bonds is 10. The number of ketones is 1. The van der Waals surface area contributed by atoms with Gasteiger partial charge in [-0.2, -0.15) is 0 Å². The molecule has 4 aromatic rings. The second-order valence-corrected chi connectivity index (χ2v) is 11.0. The molecule has 0 saturated carbocycles.